The molecule has 0 saturated carbocycles. The second-order valence-electron chi connectivity index (χ2n) is 7.21. The molecule has 1 atom stereocenters. The largest absolute Gasteiger partial charge is 0.504 e. The van der Waals surface area contributed by atoms with Gasteiger partial charge in [-0.25, -0.2) is 4.39 Å². The standard InChI is InChI=1S/C24H20FN3O5/c1-14(29)28-24(17-7-12-20(30)21(13-17)32-2)33-23(27-28)16-5-10-19(11-6-16)26-22(31)15-3-8-18(25)9-4-15/h3-13,24,30H,1-2H3,(H,26,31)/t24-/m0/s1. The molecule has 3 aromatic rings. The lowest BCUT2D eigenvalue weighted by Gasteiger charge is -2.20. The van der Waals surface area contributed by atoms with E-state index in [0.717, 1.165) is 0 Å². The molecular weight excluding hydrogens is 429 g/mol. The molecule has 0 radical (unpaired) electrons. The fraction of sp³-hybridized carbons (Fsp3) is 0.125. The molecule has 0 unspecified atom stereocenters. The van der Waals surface area contributed by atoms with Crippen LogP contribution in [0.2, 0.25) is 0 Å². The maximum Gasteiger partial charge on any atom is 0.255 e. The van der Waals surface area contributed by atoms with Gasteiger partial charge in [-0.3, -0.25) is 9.59 Å². The third kappa shape index (κ3) is 4.62. The van der Waals surface area contributed by atoms with Crippen molar-refractivity contribution < 1.29 is 28.6 Å². The van der Waals surface area contributed by atoms with E-state index in [0.29, 0.717) is 22.4 Å². The van der Waals surface area contributed by atoms with E-state index in [4.69, 9.17) is 9.47 Å². The van der Waals surface area contributed by atoms with E-state index in [2.05, 4.69) is 10.4 Å². The Bertz CT molecular complexity index is 1230. The van der Waals surface area contributed by atoms with Gasteiger partial charge in [0.15, 0.2) is 11.5 Å². The lowest BCUT2D eigenvalue weighted by molar-refractivity contribution is -0.135. The highest BCUT2D eigenvalue weighted by atomic mass is 19.1. The highest BCUT2D eigenvalue weighted by Gasteiger charge is 2.33. The number of hydrogen-bond acceptors (Lipinski definition) is 6. The number of hydrazone groups is 1. The first-order chi connectivity index (χ1) is 15.9. The van der Waals surface area contributed by atoms with E-state index in [1.54, 1.807) is 36.4 Å². The summed E-state index contributed by atoms with van der Waals surface area (Å²) >= 11 is 0. The molecule has 0 aromatic heterocycles. The molecule has 1 aliphatic rings. The van der Waals surface area contributed by atoms with Crippen molar-refractivity contribution in [2.24, 2.45) is 5.10 Å². The van der Waals surface area contributed by atoms with Crippen LogP contribution in [0.3, 0.4) is 0 Å². The van der Waals surface area contributed by atoms with E-state index in [9.17, 15) is 19.1 Å². The molecule has 8 nitrogen and oxygen atoms in total. The number of phenolic OH excluding ortho intramolecular Hbond substituents is 1. The number of phenols is 1. The number of anilines is 1. The maximum atomic E-state index is 13.0. The summed E-state index contributed by atoms with van der Waals surface area (Å²) in [5, 5.41) is 18.1. The van der Waals surface area contributed by atoms with Gasteiger partial charge in [-0.15, -0.1) is 5.10 Å². The number of halogens is 1. The monoisotopic (exact) mass is 449 g/mol. The van der Waals surface area contributed by atoms with Crippen molar-refractivity contribution in [3.05, 3.63) is 89.2 Å². The van der Waals surface area contributed by atoms with E-state index in [1.807, 2.05) is 0 Å². The number of methoxy groups -OCH3 is 1. The van der Waals surface area contributed by atoms with E-state index >= 15 is 0 Å². The number of ether oxygens (including phenoxy) is 2. The molecule has 0 spiro atoms. The molecule has 0 fully saturated rings. The molecule has 9 heteroatoms. The fourth-order valence-electron chi connectivity index (χ4n) is 3.25. The summed E-state index contributed by atoms with van der Waals surface area (Å²) in [4.78, 5) is 24.5. The highest BCUT2D eigenvalue weighted by molar-refractivity contribution is 6.04. The number of amides is 2. The van der Waals surface area contributed by atoms with Gasteiger partial charge < -0.3 is 19.9 Å². The van der Waals surface area contributed by atoms with Gasteiger partial charge in [0.1, 0.15) is 5.82 Å². The third-order valence-corrected chi connectivity index (χ3v) is 4.95. The van der Waals surface area contributed by atoms with E-state index in [1.165, 1.54) is 49.4 Å². The SMILES string of the molecule is COc1cc([C@@H]2OC(c3ccc(NC(=O)c4ccc(F)cc4)cc3)=NN2C(C)=O)ccc1O. The van der Waals surface area contributed by atoms with Crippen LogP contribution >= 0.6 is 0 Å². The van der Waals surface area contributed by atoms with Gasteiger partial charge in [0.25, 0.3) is 5.91 Å². The van der Waals surface area contributed by atoms with Crippen molar-refractivity contribution in [2.45, 2.75) is 13.2 Å². The summed E-state index contributed by atoms with van der Waals surface area (Å²) < 4.78 is 24.1. The van der Waals surface area contributed by atoms with Gasteiger partial charge >= 0.3 is 0 Å². The number of aromatic hydroxyl groups is 1. The first-order valence-corrected chi connectivity index (χ1v) is 9.95. The molecule has 0 bridgehead atoms. The number of benzene rings is 3. The second-order valence-corrected chi connectivity index (χ2v) is 7.21. The Labute approximate surface area is 188 Å². The summed E-state index contributed by atoms with van der Waals surface area (Å²) in [6.07, 6.45) is -0.829. The van der Waals surface area contributed by atoms with Gasteiger partial charge in [-0.05, 0) is 66.7 Å². The Morgan fingerprint density at radius 3 is 2.42 bits per heavy atom. The van der Waals surface area contributed by atoms with E-state index in [-0.39, 0.29) is 29.2 Å². The lowest BCUT2D eigenvalue weighted by Crippen LogP contribution is -2.25. The molecule has 4 rings (SSSR count). The van der Waals surface area contributed by atoms with Crippen molar-refractivity contribution in [1.82, 2.24) is 5.01 Å². The molecule has 33 heavy (non-hydrogen) atoms. The average molecular weight is 449 g/mol. The van der Waals surface area contributed by atoms with Crippen LogP contribution in [0.15, 0.2) is 71.8 Å². The lowest BCUT2D eigenvalue weighted by atomic mass is 10.1. The van der Waals surface area contributed by atoms with Crippen molar-refractivity contribution >= 4 is 23.4 Å². The van der Waals surface area contributed by atoms with Crippen LogP contribution < -0.4 is 10.1 Å². The summed E-state index contributed by atoms with van der Waals surface area (Å²) in [6, 6.07) is 16.6. The van der Waals surface area contributed by atoms with Crippen LogP contribution in [0.25, 0.3) is 0 Å². The zero-order valence-corrected chi connectivity index (χ0v) is 17.8. The van der Waals surface area contributed by atoms with Crippen LogP contribution in [-0.2, 0) is 9.53 Å². The molecule has 1 heterocycles. The Hall–Kier alpha value is -4.40. The summed E-state index contributed by atoms with van der Waals surface area (Å²) in [5.74, 6) is -0.690. The molecule has 0 aliphatic carbocycles. The molecule has 168 valence electrons. The molecule has 2 N–H and O–H groups in total. The fourth-order valence-corrected chi connectivity index (χ4v) is 3.25. The summed E-state index contributed by atoms with van der Waals surface area (Å²) in [6.45, 7) is 1.37. The van der Waals surface area contributed by atoms with Gasteiger partial charge in [0, 0.05) is 29.3 Å². The number of rotatable bonds is 5. The Kier molecular flexibility index (Phi) is 5.95. The number of carbonyl (C=O) groups is 2. The second kappa shape index (κ2) is 8.99. The minimum Gasteiger partial charge on any atom is -0.504 e. The van der Waals surface area contributed by atoms with Crippen molar-refractivity contribution in [3.63, 3.8) is 0 Å². The number of hydrogen-bond donors (Lipinski definition) is 2. The van der Waals surface area contributed by atoms with E-state index < -0.39 is 12.0 Å². The molecular formula is C24H20FN3O5. The number of carbonyl (C=O) groups excluding carboxylic acids is 2. The van der Waals surface area contributed by atoms with Crippen LogP contribution in [0.1, 0.15) is 34.6 Å². The number of nitrogens with one attached hydrogen (secondary N) is 1. The molecule has 1 aliphatic heterocycles. The zero-order valence-electron chi connectivity index (χ0n) is 17.8. The van der Waals surface area contributed by atoms with Crippen LogP contribution in [0.5, 0.6) is 11.5 Å². The summed E-state index contributed by atoms with van der Waals surface area (Å²) in [7, 11) is 1.43. The predicted octanol–water partition coefficient (Wildman–Crippen LogP) is 4.03. The first kappa shape index (κ1) is 21.8. The maximum absolute atomic E-state index is 13.0. The average Bonchev–Trinajstić information content (AvgIpc) is 3.26. The Morgan fingerprint density at radius 2 is 1.79 bits per heavy atom. The van der Waals surface area contributed by atoms with Gasteiger partial charge in [0.2, 0.25) is 18.0 Å². The first-order valence-electron chi connectivity index (χ1n) is 9.95. The van der Waals surface area contributed by atoms with Crippen molar-refractivity contribution in [2.75, 3.05) is 12.4 Å². The van der Waals surface area contributed by atoms with Gasteiger partial charge in [0.05, 0.1) is 7.11 Å². The van der Waals surface area contributed by atoms with Crippen LogP contribution in [-0.4, -0.2) is 34.9 Å². The molecule has 3 aromatic carbocycles. The van der Waals surface area contributed by atoms with Crippen LogP contribution in [0, 0.1) is 5.82 Å². The zero-order chi connectivity index (χ0) is 23.5. The minimum atomic E-state index is -0.829. The topological polar surface area (TPSA) is 100 Å². The molecule has 0 saturated heterocycles. The van der Waals surface area contributed by atoms with Gasteiger partial charge in [-0.1, -0.05) is 0 Å². The predicted molar refractivity (Wildman–Crippen MR) is 118 cm³/mol. The van der Waals surface area contributed by atoms with Crippen molar-refractivity contribution in [1.29, 1.82) is 0 Å². The van der Waals surface area contributed by atoms with Crippen LogP contribution in [0.4, 0.5) is 10.1 Å². The highest BCUT2D eigenvalue weighted by Crippen LogP contribution is 2.35. The smallest absolute Gasteiger partial charge is 0.255 e. The van der Waals surface area contributed by atoms with Crippen molar-refractivity contribution in [3.8, 4) is 11.5 Å². The number of nitrogens with zero attached hydrogens (tertiary/aromatic N) is 2. The quantitative estimate of drug-likeness (QED) is 0.613. The molecule has 2 amide bonds. The summed E-state index contributed by atoms with van der Waals surface area (Å²) in [5.41, 5.74) is 2.01. The normalized spacial score (nSPS) is 14.9. The minimum absolute atomic E-state index is 0.0342. The Morgan fingerprint density at radius 1 is 1.09 bits per heavy atom. The Balaban J connectivity index is 1.51. The third-order valence-electron chi connectivity index (χ3n) is 4.95. The van der Waals surface area contributed by atoms with Gasteiger partial charge in [-0.2, -0.15) is 5.01 Å².